The van der Waals surface area contributed by atoms with Crippen LogP contribution in [0.5, 0.6) is 5.75 Å². The molecule has 2 aromatic heterocycles. The van der Waals surface area contributed by atoms with E-state index >= 15 is 0 Å². The Hall–Kier alpha value is -2.91. The third-order valence-electron chi connectivity index (χ3n) is 3.04. The van der Waals surface area contributed by atoms with Gasteiger partial charge in [-0.05, 0) is 18.6 Å². The van der Waals surface area contributed by atoms with Crippen molar-refractivity contribution >= 4 is 0 Å². The molecule has 0 N–H and O–H groups in total. The van der Waals surface area contributed by atoms with Crippen molar-refractivity contribution in [2.75, 3.05) is 0 Å². The highest BCUT2D eigenvalue weighted by molar-refractivity contribution is 5.56. The first kappa shape index (κ1) is 16.0. The number of hydrogen-bond donors (Lipinski definition) is 0. The Labute approximate surface area is 134 Å². The highest BCUT2D eigenvalue weighted by Crippen LogP contribution is 2.26. The molecule has 3 rings (SSSR count). The molecule has 0 saturated carbocycles. The Morgan fingerprint density at radius 1 is 1.25 bits per heavy atom. The molecule has 2 heterocycles. The summed E-state index contributed by atoms with van der Waals surface area (Å²) in [4.78, 5) is 8.01. The van der Waals surface area contributed by atoms with Gasteiger partial charge in [-0.2, -0.15) is 10.1 Å². The number of rotatable bonds is 6. The first-order valence-electron chi connectivity index (χ1n) is 7.01. The third-order valence-corrected chi connectivity index (χ3v) is 3.04. The number of halogens is 3. The van der Waals surface area contributed by atoms with Crippen LogP contribution in [0.15, 0.2) is 41.4 Å². The van der Waals surface area contributed by atoms with E-state index in [0.29, 0.717) is 30.8 Å². The van der Waals surface area contributed by atoms with E-state index in [2.05, 4.69) is 25.0 Å². The summed E-state index contributed by atoms with van der Waals surface area (Å²) in [5.74, 6) is 0.267. The molecule has 24 heavy (non-hydrogen) atoms. The van der Waals surface area contributed by atoms with Crippen LogP contribution < -0.4 is 4.74 Å². The molecule has 0 atom stereocenters. The second-order valence-corrected chi connectivity index (χ2v) is 4.85. The van der Waals surface area contributed by atoms with Gasteiger partial charge in [-0.15, -0.1) is 13.2 Å². The molecule has 0 aliphatic rings. The van der Waals surface area contributed by atoms with Gasteiger partial charge >= 0.3 is 6.36 Å². The number of hydrogen-bond acceptors (Lipinski definition) is 6. The molecule has 0 unspecified atom stereocenters. The fourth-order valence-corrected chi connectivity index (χ4v) is 2.05. The fourth-order valence-electron chi connectivity index (χ4n) is 2.05. The normalized spacial score (nSPS) is 11.6. The standard InChI is InChI=1S/C14H12F3N5O2/c15-14(16,17)23-11-4-1-3-10(7-11)13-20-12(24-21-13)5-2-6-22-9-18-8-19-22/h1,3-4,7-9H,2,5-6H2. The van der Waals surface area contributed by atoms with Gasteiger partial charge in [0.25, 0.3) is 0 Å². The molecule has 126 valence electrons. The molecule has 7 nitrogen and oxygen atoms in total. The van der Waals surface area contributed by atoms with Crippen LogP contribution in [0.4, 0.5) is 13.2 Å². The van der Waals surface area contributed by atoms with E-state index in [4.69, 9.17) is 4.52 Å². The van der Waals surface area contributed by atoms with E-state index in [1.165, 1.54) is 24.5 Å². The van der Waals surface area contributed by atoms with Gasteiger partial charge in [-0.3, -0.25) is 4.68 Å². The molecule has 10 heteroatoms. The summed E-state index contributed by atoms with van der Waals surface area (Å²) < 4.78 is 47.4. The van der Waals surface area contributed by atoms with Gasteiger partial charge in [0.2, 0.25) is 11.7 Å². The number of ether oxygens (including phenoxy) is 1. The lowest BCUT2D eigenvalue weighted by Gasteiger charge is -2.08. The van der Waals surface area contributed by atoms with Crippen molar-refractivity contribution in [2.24, 2.45) is 0 Å². The van der Waals surface area contributed by atoms with E-state index in [-0.39, 0.29) is 11.6 Å². The maximum atomic E-state index is 12.3. The number of nitrogens with zero attached hydrogens (tertiary/aromatic N) is 5. The van der Waals surface area contributed by atoms with Crippen LogP contribution >= 0.6 is 0 Å². The average Bonchev–Trinajstić information content (AvgIpc) is 3.17. The van der Waals surface area contributed by atoms with Crippen molar-refractivity contribution in [3.63, 3.8) is 0 Å². The molecule has 0 amide bonds. The van der Waals surface area contributed by atoms with Crippen LogP contribution in [0, 0.1) is 0 Å². The van der Waals surface area contributed by atoms with Crippen molar-refractivity contribution in [2.45, 2.75) is 25.7 Å². The molecule has 0 radical (unpaired) electrons. The van der Waals surface area contributed by atoms with Crippen molar-refractivity contribution in [1.82, 2.24) is 24.9 Å². The Bertz CT molecular complexity index is 786. The minimum absolute atomic E-state index is 0.207. The van der Waals surface area contributed by atoms with E-state index in [0.717, 1.165) is 0 Å². The summed E-state index contributed by atoms with van der Waals surface area (Å²) in [5, 5.41) is 7.75. The van der Waals surface area contributed by atoms with Gasteiger partial charge in [0, 0.05) is 18.5 Å². The quantitative estimate of drug-likeness (QED) is 0.687. The smallest absolute Gasteiger partial charge is 0.406 e. The van der Waals surface area contributed by atoms with E-state index in [9.17, 15) is 13.2 Å². The first-order valence-corrected chi connectivity index (χ1v) is 7.01. The zero-order valence-corrected chi connectivity index (χ0v) is 12.3. The minimum atomic E-state index is -4.75. The maximum Gasteiger partial charge on any atom is 0.573 e. The van der Waals surface area contributed by atoms with Gasteiger partial charge in [-0.1, -0.05) is 17.3 Å². The summed E-state index contributed by atoms with van der Waals surface area (Å²) >= 11 is 0. The van der Waals surface area contributed by atoms with E-state index in [1.807, 2.05) is 0 Å². The monoisotopic (exact) mass is 339 g/mol. The number of aryl methyl sites for hydroxylation is 2. The molecule has 3 aromatic rings. The molecule has 0 bridgehead atoms. The van der Waals surface area contributed by atoms with Crippen molar-refractivity contribution in [1.29, 1.82) is 0 Å². The van der Waals surface area contributed by atoms with Crippen LogP contribution in [0.25, 0.3) is 11.4 Å². The summed E-state index contributed by atoms with van der Waals surface area (Å²) in [7, 11) is 0. The SMILES string of the molecule is FC(F)(F)Oc1cccc(-c2noc(CCCn3cncn3)n2)c1. The molecule has 0 fully saturated rings. The van der Waals surface area contributed by atoms with Crippen LogP contribution in [0.1, 0.15) is 12.3 Å². The lowest BCUT2D eigenvalue weighted by Crippen LogP contribution is -2.17. The lowest BCUT2D eigenvalue weighted by molar-refractivity contribution is -0.274. The predicted octanol–water partition coefficient (Wildman–Crippen LogP) is 2.86. The largest absolute Gasteiger partial charge is 0.573 e. The fraction of sp³-hybridized carbons (Fsp3) is 0.286. The van der Waals surface area contributed by atoms with Crippen LogP contribution in [-0.4, -0.2) is 31.3 Å². The van der Waals surface area contributed by atoms with Gasteiger partial charge in [0.15, 0.2) is 0 Å². The van der Waals surface area contributed by atoms with E-state index < -0.39 is 6.36 Å². The van der Waals surface area contributed by atoms with Crippen LogP contribution in [-0.2, 0) is 13.0 Å². The second kappa shape index (κ2) is 6.69. The summed E-state index contributed by atoms with van der Waals surface area (Å²) in [6, 6.07) is 5.41. The zero-order valence-electron chi connectivity index (χ0n) is 12.3. The van der Waals surface area contributed by atoms with Crippen LogP contribution in [0.2, 0.25) is 0 Å². The summed E-state index contributed by atoms with van der Waals surface area (Å²) in [6.45, 7) is 0.645. The third kappa shape index (κ3) is 4.31. The lowest BCUT2D eigenvalue weighted by atomic mass is 10.2. The molecule has 0 aliphatic carbocycles. The topological polar surface area (TPSA) is 78.9 Å². The highest BCUT2D eigenvalue weighted by atomic mass is 19.4. The van der Waals surface area contributed by atoms with E-state index in [1.54, 1.807) is 17.1 Å². The first-order chi connectivity index (χ1) is 11.5. The molecule has 0 spiro atoms. The van der Waals surface area contributed by atoms with Gasteiger partial charge in [0.05, 0.1) is 0 Å². The van der Waals surface area contributed by atoms with Crippen molar-refractivity contribution < 1.29 is 22.4 Å². The Kier molecular flexibility index (Phi) is 4.45. The Balaban J connectivity index is 1.63. The Morgan fingerprint density at radius 3 is 2.88 bits per heavy atom. The number of alkyl halides is 3. The second-order valence-electron chi connectivity index (χ2n) is 4.85. The number of aromatic nitrogens is 5. The molecule has 1 aromatic carbocycles. The molecular formula is C14H12F3N5O2. The summed E-state index contributed by atoms with van der Waals surface area (Å²) in [5.41, 5.74) is 0.378. The average molecular weight is 339 g/mol. The van der Waals surface area contributed by atoms with Crippen LogP contribution in [0.3, 0.4) is 0 Å². The zero-order chi connectivity index (χ0) is 17.0. The van der Waals surface area contributed by atoms with Gasteiger partial charge in [-0.25, -0.2) is 4.98 Å². The van der Waals surface area contributed by atoms with Gasteiger partial charge < -0.3 is 9.26 Å². The highest BCUT2D eigenvalue weighted by Gasteiger charge is 2.31. The predicted molar refractivity (Wildman–Crippen MR) is 74.8 cm³/mol. The van der Waals surface area contributed by atoms with Gasteiger partial charge in [0.1, 0.15) is 18.4 Å². The molecular weight excluding hydrogens is 327 g/mol. The van der Waals surface area contributed by atoms with Crippen molar-refractivity contribution in [3.8, 4) is 17.1 Å². The Morgan fingerprint density at radius 2 is 2.12 bits per heavy atom. The number of benzene rings is 1. The summed E-state index contributed by atoms with van der Waals surface area (Å²) in [6.07, 6.45) is -0.470. The molecule has 0 aliphatic heterocycles. The van der Waals surface area contributed by atoms with Crippen molar-refractivity contribution in [3.05, 3.63) is 42.8 Å². The maximum absolute atomic E-state index is 12.3. The minimum Gasteiger partial charge on any atom is -0.406 e. The molecule has 0 saturated heterocycles.